The fourth-order valence-corrected chi connectivity index (χ4v) is 1.69. The van der Waals surface area contributed by atoms with Gasteiger partial charge in [-0.2, -0.15) is 0 Å². The number of carboxylic acids is 1. The van der Waals surface area contributed by atoms with E-state index in [2.05, 4.69) is 35.3 Å². The molecular weight excluding hydrogens is 226 g/mol. The van der Waals surface area contributed by atoms with Crippen LogP contribution in [0.3, 0.4) is 0 Å². The first kappa shape index (κ1) is 15.0. The Morgan fingerprint density at radius 1 is 1.69 bits per heavy atom. The molecule has 0 atom stereocenters. The molecule has 0 unspecified atom stereocenters. The van der Waals surface area contributed by atoms with Gasteiger partial charge in [-0.05, 0) is 7.05 Å². The van der Waals surface area contributed by atoms with E-state index in [0.29, 0.717) is 5.92 Å². The maximum atomic E-state index is 9.24. The third-order valence-corrected chi connectivity index (χ3v) is 2.79. The van der Waals surface area contributed by atoms with Crippen molar-refractivity contribution in [3.8, 4) is 0 Å². The Morgan fingerprint density at radius 2 is 2.25 bits per heavy atom. The van der Waals surface area contributed by atoms with Crippen LogP contribution in [-0.4, -0.2) is 29.7 Å². The normalized spacial score (nSPS) is 9.81. The third-order valence-electron chi connectivity index (χ3n) is 1.60. The van der Waals surface area contributed by atoms with Crippen LogP contribution in [-0.2, 0) is 11.3 Å². The minimum atomic E-state index is -0.968. The molecule has 1 aromatic heterocycles. The van der Waals surface area contributed by atoms with E-state index in [9.17, 15) is 4.79 Å². The summed E-state index contributed by atoms with van der Waals surface area (Å²) in [4.78, 5) is 13.7. The van der Waals surface area contributed by atoms with Gasteiger partial charge in [-0.1, -0.05) is 13.8 Å². The second kappa shape index (κ2) is 8.20. The highest BCUT2D eigenvalue weighted by atomic mass is 32.1. The smallest absolute Gasteiger partial charge is 0.317 e. The number of carbonyl (C=O) groups is 1. The second-order valence-electron chi connectivity index (χ2n) is 3.46. The summed E-state index contributed by atoms with van der Waals surface area (Å²) >= 11 is 1.75. The van der Waals surface area contributed by atoms with Gasteiger partial charge in [0, 0.05) is 17.8 Å². The van der Waals surface area contributed by atoms with Crippen LogP contribution in [0.1, 0.15) is 30.5 Å². The molecule has 1 aromatic rings. The summed E-state index contributed by atoms with van der Waals surface area (Å²) in [5.41, 5.74) is 5.73. The highest BCUT2D eigenvalue weighted by Crippen LogP contribution is 2.18. The fourth-order valence-electron chi connectivity index (χ4n) is 0.850. The highest BCUT2D eigenvalue weighted by Gasteiger charge is 2.03. The molecule has 5 nitrogen and oxygen atoms in total. The van der Waals surface area contributed by atoms with Gasteiger partial charge >= 0.3 is 5.97 Å². The van der Waals surface area contributed by atoms with E-state index in [1.807, 2.05) is 7.05 Å². The first-order valence-electron chi connectivity index (χ1n) is 5.02. The molecule has 0 aliphatic heterocycles. The van der Waals surface area contributed by atoms with Crippen molar-refractivity contribution < 1.29 is 9.90 Å². The van der Waals surface area contributed by atoms with Gasteiger partial charge in [-0.25, -0.2) is 4.98 Å². The van der Waals surface area contributed by atoms with E-state index in [0.717, 1.165) is 12.2 Å². The van der Waals surface area contributed by atoms with E-state index in [4.69, 9.17) is 5.11 Å². The Morgan fingerprint density at radius 3 is 2.56 bits per heavy atom. The van der Waals surface area contributed by atoms with Crippen molar-refractivity contribution >= 4 is 17.3 Å². The van der Waals surface area contributed by atoms with Gasteiger partial charge < -0.3 is 16.2 Å². The largest absolute Gasteiger partial charge is 0.480 e. The molecule has 0 aromatic carbocycles. The molecule has 0 bridgehead atoms. The van der Waals surface area contributed by atoms with Crippen LogP contribution in [0.4, 0.5) is 0 Å². The lowest BCUT2D eigenvalue weighted by Gasteiger charge is -1.96. The van der Waals surface area contributed by atoms with Crippen LogP contribution >= 0.6 is 11.3 Å². The number of hydrogen-bond acceptors (Lipinski definition) is 5. The number of nitrogens with zero attached hydrogens (tertiary/aromatic N) is 1. The fraction of sp³-hybridized carbons (Fsp3) is 0.600. The zero-order valence-corrected chi connectivity index (χ0v) is 10.7. The van der Waals surface area contributed by atoms with E-state index in [1.165, 1.54) is 5.01 Å². The van der Waals surface area contributed by atoms with E-state index < -0.39 is 5.97 Å². The van der Waals surface area contributed by atoms with Gasteiger partial charge in [-0.3, -0.25) is 4.79 Å². The number of nitrogens with one attached hydrogen (secondary N) is 1. The summed E-state index contributed by atoms with van der Waals surface area (Å²) in [6.45, 7) is 4.94. The predicted octanol–water partition coefficient (Wildman–Crippen LogP) is 1.02. The Bertz CT molecular complexity index is 313. The number of aliphatic carboxylic acids is 1. The lowest BCUT2D eigenvalue weighted by molar-refractivity contribution is -0.135. The van der Waals surface area contributed by atoms with Gasteiger partial charge in [0.15, 0.2) is 0 Å². The average molecular weight is 245 g/mol. The zero-order valence-electron chi connectivity index (χ0n) is 9.86. The first-order chi connectivity index (χ1) is 7.51. The predicted molar refractivity (Wildman–Crippen MR) is 65.7 cm³/mol. The topological polar surface area (TPSA) is 88.2 Å². The molecule has 0 saturated heterocycles. The minimum absolute atomic E-state index is 0.278. The highest BCUT2D eigenvalue weighted by molar-refractivity contribution is 7.09. The molecule has 1 rings (SSSR count). The molecule has 0 amide bonds. The van der Waals surface area contributed by atoms with E-state index in [-0.39, 0.29) is 6.54 Å². The molecular formula is C10H19N3O2S. The summed E-state index contributed by atoms with van der Waals surface area (Å²) < 4.78 is 0. The standard InChI is InChI=1S/C8H14N2S.C2H5NO2/c1-6(2)8-10-7(4-9-3)5-11-8;3-1-2(4)5/h5-6,9H,4H2,1-3H3;1,3H2,(H,4,5). The van der Waals surface area contributed by atoms with Crippen LogP contribution < -0.4 is 11.1 Å². The SMILES string of the molecule is CNCc1csc(C(C)C)n1.NCC(=O)O. The molecule has 4 N–H and O–H groups in total. The van der Waals surface area contributed by atoms with Crippen LogP contribution in [0.5, 0.6) is 0 Å². The van der Waals surface area contributed by atoms with E-state index >= 15 is 0 Å². The lowest BCUT2D eigenvalue weighted by atomic mass is 10.2. The molecule has 0 aliphatic carbocycles. The average Bonchev–Trinajstić information content (AvgIpc) is 2.68. The lowest BCUT2D eigenvalue weighted by Crippen LogP contribution is -2.10. The Hall–Kier alpha value is -0.980. The van der Waals surface area contributed by atoms with Crippen LogP contribution in [0.25, 0.3) is 0 Å². The molecule has 0 fully saturated rings. The maximum absolute atomic E-state index is 9.24. The minimum Gasteiger partial charge on any atom is -0.480 e. The number of rotatable bonds is 4. The Kier molecular flexibility index (Phi) is 7.70. The summed E-state index contributed by atoms with van der Waals surface area (Å²) in [6, 6.07) is 0. The first-order valence-corrected chi connectivity index (χ1v) is 5.90. The molecule has 16 heavy (non-hydrogen) atoms. The molecule has 92 valence electrons. The number of aromatic nitrogens is 1. The Labute approximate surface area is 99.7 Å². The van der Waals surface area contributed by atoms with Gasteiger partial charge in [0.1, 0.15) is 0 Å². The maximum Gasteiger partial charge on any atom is 0.317 e. The number of nitrogens with two attached hydrogens (primary N) is 1. The van der Waals surface area contributed by atoms with Crippen LogP contribution in [0.2, 0.25) is 0 Å². The number of hydrogen-bond donors (Lipinski definition) is 3. The number of carboxylic acid groups (broad SMARTS) is 1. The molecule has 0 radical (unpaired) electrons. The quantitative estimate of drug-likeness (QED) is 0.737. The second-order valence-corrected chi connectivity index (χ2v) is 4.35. The van der Waals surface area contributed by atoms with Crippen LogP contribution in [0.15, 0.2) is 5.38 Å². The van der Waals surface area contributed by atoms with E-state index in [1.54, 1.807) is 11.3 Å². The summed E-state index contributed by atoms with van der Waals surface area (Å²) in [7, 11) is 1.94. The zero-order chi connectivity index (χ0) is 12.6. The molecule has 0 saturated carbocycles. The van der Waals surface area contributed by atoms with Gasteiger partial charge in [0.25, 0.3) is 0 Å². The van der Waals surface area contributed by atoms with Crippen molar-refractivity contribution in [2.75, 3.05) is 13.6 Å². The third kappa shape index (κ3) is 6.49. The monoisotopic (exact) mass is 245 g/mol. The van der Waals surface area contributed by atoms with Crippen LogP contribution in [0, 0.1) is 0 Å². The van der Waals surface area contributed by atoms with Gasteiger partial charge in [0.05, 0.1) is 17.2 Å². The summed E-state index contributed by atoms with van der Waals surface area (Å²) in [6.07, 6.45) is 0. The molecule has 0 aliphatic rings. The van der Waals surface area contributed by atoms with Gasteiger partial charge in [-0.15, -0.1) is 11.3 Å². The Balaban J connectivity index is 0.000000385. The van der Waals surface area contributed by atoms with Crippen molar-refractivity contribution in [3.05, 3.63) is 16.1 Å². The van der Waals surface area contributed by atoms with Crippen molar-refractivity contribution in [3.63, 3.8) is 0 Å². The van der Waals surface area contributed by atoms with Crippen molar-refractivity contribution in [2.24, 2.45) is 5.73 Å². The van der Waals surface area contributed by atoms with Crippen molar-refractivity contribution in [1.82, 2.24) is 10.3 Å². The molecule has 0 spiro atoms. The summed E-state index contributed by atoms with van der Waals surface area (Å²) in [5, 5.41) is 14.0. The molecule has 1 heterocycles. The molecule has 6 heteroatoms. The number of thiazole rings is 1. The van der Waals surface area contributed by atoms with Crippen molar-refractivity contribution in [2.45, 2.75) is 26.3 Å². The van der Waals surface area contributed by atoms with Gasteiger partial charge in [0.2, 0.25) is 0 Å². The summed E-state index contributed by atoms with van der Waals surface area (Å²) in [5.74, 6) is -0.407. The van der Waals surface area contributed by atoms with Crippen molar-refractivity contribution in [1.29, 1.82) is 0 Å².